The maximum absolute atomic E-state index is 13.4. The highest BCUT2D eigenvalue weighted by atomic mass is 35.5. The van der Waals surface area contributed by atoms with Crippen molar-refractivity contribution in [2.24, 2.45) is 10.2 Å². The summed E-state index contributed by atoms with van der Waals surface area (Å²) in [5, 5.41) is 10.2. The van der Waals surface area contributed by atoms with Crippen LogP contribution in [-0.4, -0.2) is 37.7 Å². The summed E-state index contributed by atoms with van der Waals surface area (Å²) >= 11 is 6.12. The summed E-state index contributed by atoms with van der Waals surface area (Å²) in [7, 11) is -3.96. The monoisotopic (exact) mass is 459 g/mol. The molecule has 0 spiro atoms. The highest BCUT2D eigenvalue weighted by molar-refractivity contribution is 7.89. The first kappa shape index (κ1) is 20.8. The lowest BCUT2D eigenvalue weighted by Gasteiger charge is -2.26. The van der Waals surface area contributed by atoms with Crippen LogP contribution in [0.25, 0.3) is 0 Å². The summed E-state index contributed by atoms with van der Waals surface area (Å²) < 4.78 is 63.9. The van der Waals surface area contributed by atoms with Crippen molar-refractivity contribution in [3.8, 4) is 0 Å². The molecule has 4 rings (SSSR count). The number of hydrogen-bond donors (Lipinski definition) is 1. The quantitative estimate of drug-likeness (QED) is 0.708. The van der Waals surface area contributed by atoms with Crippen molar-refractivity contribution >= 4 is 38.7 Å². The van der Waals surface area contributed by atoms with Gasteiger partial charge in [0.05, 0.1) is 22.5 Å². The minimum absolute atomic E-state index is 0.0733. The number of alkyl halides is 3. The SMILES string of the molecule is NS(=O)(=O)c1ccc(N2N=C(C(F)(F)F)CC2C2C[N+](=O)c3c(Cl)cccc32)cc1. The van der Waals surface area contributed by atoms with Gasteiger partial charge in [-0.15, -0.1) is 0 Å². The Morgan fingerprint density at radius 2 is 1.83 bits per heavy atom. The Bertz CT molecular complexity index is 1170. The number of nitrogens with two attached hydrogens (primary N) is 1. The molecular weight excluding hydrogens is 445 g/mol. The van der Waals surface area contributed by atoms with Crippen LogP contribution in [0.15, 0.2) is 52.5 Å². The smallest absolute Gasteiger partial charge is 0.261 e. The second kappa shape index (κ2) is 7.03. The Morgan fingerprint density at radius 3 is 2.43 bits per heavy atom. The Kier molecular flexibility index (Phi) is 4.87. The fourth-order valence-corrected chi connectivity index (χ4v) is 4.64. The molecule has 2 unspecified atom stereocenters. The Hall–Kier alpha value is -2.50. The zero-order chi connectivity index (χ0) is 21.8. The van der Waals surface area contributed by atoms with Crippen LogP contribution in [0.3, 0.4) is 0 Å². The number of anilines is 1. The predicted octanol–water partition coefficient (Wildman–Crippen LogP) is 3.69. The van der Waals surface area contributed by atoms with Crippen LogP contribution in [0.1, 0.15) is 17.9 Å². The number of nitrogens with zero attached hydrogens (tertiary/aromatic N) is 3. The van der Waals surface area contributed by atoms with E-state index in [0.717, 1.165) is 0 Å². The summed E-state index contributed by atoms with van der Waals surface area (Å²) in [6.45, 7) is -0.0733. The van der Waals surface area contributed by atoms with E-state index in [0.29, 0.717) is 10.3 Å². The highest BCUT2D eigenvalue weighted by Crippen LogP contribution is 2.46. The van der Waals surface area contributed by atoms with Crippen molar-refractivity contribution in [3.05, 3.63) is 58.0 Å². The minimum atomic E-state index is -4.64. The molecule has 2 aliphatic rings. The number of hydrazone groups is 1. The molecular formula is C18H15ClF3N4O3S+. The van der Waals surface area contributed by atoms with Crippen LogP contribution in [0.4, 0.5) is 24.5 Å². The fraction of sp³-hybridized carbons (Fsp3) is 0.278. The standard InChI is InChI=1S/C18H15ClF3N4O3S/c19-14-3-1-2-12-13(9-25(27)17(12)14)15-8-16(18(20,21)22)24-26(15)10-4-6-11(7-5-10)30(23,28)29/h1-7,13,15H,8-9H2,(H2,23,28,29)/q+1. The Balaban J connectivity index is 1.76. The number of hydrogen-bond acceptors (Lipinski definition) is 5. The molecule has 2 aliphatic heterocycles. The highest BCUT2D eigenvalue weighted by Gasteiger charge is 2.51. The van der Waals surface area contributed by atoms with Crippen molar-refractivity contribution < 1.29 is 26.3 Å². The van der Waals surface area contributed by atoms with E-state index in [4.69, 9.17) is 16.7 Å². The average Bonchev–Trinajstić information content (AvgIpc) is 3.23. The summed E-state index contributed by atoms with van der Waals surface area (Å²) in [5.74, 6) is -0.585. The van der Waals surface area contributed by atoms with Crippen LogP contribution < -0.4 is 10.1 Å². The maximum atomic E-state index is 13.4. The molecule has 7 nitrogen and oxygen atoms in total. The van der Waals surface area contributed by atoms with Gasteiger partial charge in [0.15, 0.2) is 0 Å². The first-order chi connectivity index (χ1) is 14.0. The van der Waals surface area contributed by atoms with E-state index in [1.54, 1.807) is 18.2 Å². The van der Waals surface area contributed by atoms with Crippen LogP contribution in [0, 0.1) is 4.91 Å². The van der Waals surface area contributed by atoms with Gasteiger partial charge in [0.2, 0.25) is 16.6 Å². The lowest BCUT2D eigenvalue weighted by atomic mass is 9.90. The molecule has 0 fully saturated rings. The van der Waals surface area contributed by atoms with E-state index in [1.165, 1.54) is 29.3 Å². The number of benzene rings is 2. The van der Waals surface area contributed by atoms with E-state index >= 15 is 0 Å². The molecule has 0 amide bonds. The topological polar surface area (TPSA) is 95.8 Å². The van der Waals surface area contributed by atoms with Crippen molar-refractivity contribution in [2.75, 3.05) is 11.6 Å². The molecule has 2 heterocycles. The molecule has 2 atom stereocenters. The van der Waals surface area contributed by atoms with Gasteiger partial charge < -0.3 is 0 Å². The zero-order valence-corrected chi connectivity index (χ0v) is 16.7. The molecule has 12 heteroatoms. The third-order valence-corrected chi connectivity index (χ3v) is 6.43. The normalized spacial score (nSPS) is 21.7. The largest absolute Gasteiger partial charge is 0.431 e. The predicted molar refractivity (Wildman–Crippen MR) is 105 cm³/mol. The summed E-state index contributed by atoms with van der Waals surface area (Å²) in [6.07, 6.45) is -5.06. The maximum Gasteiger partial charge on any atom is 0.431 e. The molecule has 0 saturated carbocycles. The van der Waals surface area contributed by atoms with Gasteiger partial charge in [-0.2, -0.15) is 18.3 Å². The summed E-state index contributed by atoms with van der Waals surface area (Å²) in [4.78, 5) is 12.2. The van der Waals surface area contributed by atoms with E-state index in [2.05, 4.69) is 5.10 Å². The molecule has 30 heavy (non-hydrogen) atoms. The second-order valence-electron chi connectivity index (χ2n) is 7.04. The molecule has 2 aromatic rings. The van der Waals surface area contributed by atoms with Crippen LogP contribution in [-0.2, 0) is 10.0 Å². The van der Waals surface area contributed by atoms with E-state index < -0.39 is 40.3 Å². The minimum Gasteiger partial charge on any atom is -0.261 e. The Labute approximate surface area is 174 Å². The molecule has 158 valence electrons. The van der Waals surface area contributed by atoms with Crippen molar-refractivity contribution in [1.29, 1.82) is 0 Å². The average molecular weight is 460 g/mol. The molecule has 2 aromatic carbocycles. The van der Waals surface area contributed by atoms with E-state index in [-0.39, 0.29) is 27.8 Å². The van der Waals surface area contributed by atoms with Gasteiger partial charge in [0, 0.05) is 21.7 Å². The third kappa shape index (κ3) is 3.57. The van der Waals surface area contributed by atoms with Crippen LogP contribution in [0.5, 0.6) is 0 Å². The van der Waals surface area contributed by atoms with Crippen LogP contribution in [0.2, 0.25) is 5.02 Å². The van der Waals surface area contributed by atoms with Crippen LogP contribution >= 0.6 is 11.6 Å². The van der Waals surface area contributed by atoms with Gasteiger partial charge in [-0.1, -0.05) is 23.7 Å². The van der Waals surface area contributed by atoms with Gasteiger partial charge >= 0.3 is 6.18 Å². The first-order valence-corrected chi connectivity index (χ1v) is 10.7. The number of rotatable bonds is 3. The van der Waals surface area contributed by atoms with Gasteiger partial charge in [0.25, 0.3) is 5.69 Å². The fourth-order valence-electron chi connectivity index (χ4n) is 3.84. The number of halogens is 4. The summed E-state index contributed by atoms with van der Waals surface area (Å²) in [6, 6.07) is 9.10. The van der Waals surface area contributed by atoms with Crippen molar-refractivity contribution in [1.82, 2.24) is 0 Å². The Morgan fingerprint density at radius 1 is 1.17 bits per heavy atom. The number of para-hydroxylation sites is 1. The zero-order valence-electron chi connectivity index (χ0n) is 15.2. The second-order valence-corrected chi connectivity index (χ2v) is 9.01. The molecule has 0 bridgehead atoms. The lowest BCUT2D eigenvalue weighted by molar-refractivity contribution is -0.455. The number of primary sulfonamides is 1. The molecule has 0 aliphatic carbocycles. The number of nitroso groups, excluding NO2 is 1. The molecule has 2 N–H and O–H groups in total. The van der Waals surface area contributed by atoms with E-state index in [9.17, 15) is 26.5 Å². The van der Waals surface area contributed by atoms with Gasteiger partial charge in [-0.25, -0.2) is 13.6 Å². The van der Waals surface area contributed by atoms with E-state index in [1.807, 2.05) is 0 Å². The molecule has 0 radical (unpaired) electrons. The lowest BCUT2D eigenvalue weighted by Crippen LogP contribution is -2.34. The van der Waals surface area contributed by atoms with Gasteiger partial charge in [0.1, 0.15) is 10.7 Å². The molecule has 0 aromatic heterocycles. The third-order valence-electron chi connectivity index (χ3n) is 5.20. The summed E-state index contributed by atoms with van der Waals surface area (Å²) in [5.41, 5.74) is 0.0666. The number of fused-ring (bicyclic) bond motifs is 1. The number of sulfonamides is 1. The van der Waals surface area contributed by atoms with Crippen molar-refractivity contribution in [3.63, 3.8) is 0 Å². The van der Waals surface area contributed by atoms with Gasteiger partial charge in [-0.3, -0.25) is 5.01 Å². The van der Waals surface area contributed by atoms with Crippen molar-refractivity contribution in [2.45, 2.75) is 29.5 Å². The molecule has 0 saturated heterocycles. The van der Waals surface area contributed by atoms with Gasteiger partial charge in [-0.05, 0) is 30.3 Å². The first-order valence-electron chi connectivity index (χ1n) is 8.76.